The fraction of sp³-hybridized carbons (Fsp3) is 0.900. The first kappa shape index (κ1) is 24.9. The standard InChI is InChI=1S/C30H42O8/c1-7-34-30-14-18-16(13-20-29(36-20)11-8-9-19(31)24(18,29)3)17-10-12-28(33,25(17,30)4)15(2)21(37-30)22-26(5)27(6,38-26)23(32)35-22/h8-9,15-18,20-23,32-33H,7,10-14H2,1-6H3/t15-,16+,17+,18+,20-,21+,22+,23+,24+,25+,26+,27-,28-,29-,30+/m1/s1. The summed E-state index contributed by atoms with van der Waals surface area (Å²) < 4.78 is 32.6. The monoisotopic (exact) mass is 530 g/mol. The van der Waals surface area contributed by atoms with Gasteiger partial charge in [-0.05, 0) is 77.2 Å². The number of carbonyl (C=O) groups excluding carboxylic acids is 1. The van der Waals surface area contributed by atoms with Crippen molar-refractivity contribution in [3.05, 3.63) is 12.2 Å². The number of carbonyl (C=O) groups is 1. The molecular formula is C30H42O8. The fourth-order valence-electron chi connectivity index (χ4n) is 11.3. The normalized spacial score (nSPS) is 66.9. The molecule has 8 nitrogen and oxygen atoms in total. The number of aliphatic hydroxyl groups is 2. The Kier molecular flexibility index (Phi) is 4.44. The molecule has 4 aliphatic heterocycles. The zero-order chi connectivity index (χ0) is 26.9. The van der Waals surface area contributed by atoms with Gasteiger partial charge in [0.1, 0.15) is 22.9 Å². The van der Waals surface area contributed by atoms with Crippen molar-refractivity contribution in [1.82, 2.24) is 0 Å². The second-order valence-corrected chi connectivity index (χ2v) is 14.4. The summed E-state index contributed by atoms with van der Waals surface area (Å²) in [6, 6.07) is 0. The van der Waals surface area contributed by atoms with Gasteiger partial charge in [0.15, 0.2) is 17.9 Å². The quantitative estimate of drug-likeness (QED) is 0.536. The topological polar surface area (TPSA) is 110 Å². The number of aliphatic hydroxyl groups excluding tert-OH is 1. The van der Waals surface area contributed by atoms with E-state index in [1.807, 2.05) is 26.8 Å². The summed E-state index contributed by atoms with van der Waals surface area (Å²) in [5, 5.41) is 23.5. The van der Waals surface area contributed by atoms with E-state index in [0.29, 0.717) is 19.4 Å². The number of epoxide rings is 2. The van der Waals surface area contributed by atoms with E-state index in [0.717, 1.165) is 19.3 Å². The van der Waals surface area contributed by atoms with Crippen LogP contribution in [0.1, 0.15) is 73.6 Å². The maximum Gasteiger partial charge on any atom is 0.187 e. The molecular weight excluding hydrogens is 488 g/mol. The third-order valence-electron chi connectivity index (χ3n) is 13.8. The minimum Gasteiger partial charge on any atom is -0.389 e. The van der Waals surface area contributed by atoms with Gasteiger partial charge >= 0.3 is 0 Å². The van der Waals surface area contributed by atoms with Crippen molar-refractivity contribution in [2.24, 2.45) is 34.5 Å². The minimum absolute atomic E-state index is 0.00726. The van der Waals surface area contributed by atoms with Gasteiger partial charge in [-0.2, -0.15) is 0 Å². The van der Waals surface area contributed by atoms with E-state index in [2.05, 4.69) is 20.8 Å². The van der Waals surface area contributed by atoms with Crippen LogP contribution in [0.15, 0.2) is 12.2 Å². The van der Waals surface area contributed by atoms with Crippen LogP contribution in [0, 0.1) is 34.5 Å². The van der Waals surface area contributed by atoms with Crippen molar-refractivity contribution in [3.63, 3.8) is 0 Å². The Hall–Kier alpha value is -0.870. The van der Waals surface area contributed by atoms with Crippen LogP contribution in [0.4, 0.5) is 0 Å². The fourth-order valence-corrected chi connectivity index (χ4v) is 11.3. The predicted molar refractivity (Wildman–Crippen MR) is 134 cm³/mol. The Balaban J connectivity index is 1.27. The first-order valence-corrected chi connectivity index (χ1v) is 14.8. The molecule has 4 saturated heterocycles. The first-order chi connectivity index (χ1) is 17.8. The van der Waals surface area contributed by atoms with Crippen LogP contribution in [0.5, 0.6) is 0 Å². The summed E-state index contributed by atoms with van der Waals surface area (Å²) in [6.45, 7) is 12.6. The molecule has 0 aromatic heterocycles. The lowest BCUT2D eigenvalue weighted by Crippen LogP contribution is -2.77. The highest BCUT2D eigenvalue weighted by Gasteiger charge is 2.86. The van der Waals surface area contributed by atoms with Crippen LogP contribution in [-0.4, -0.2) is 75.4 Å². The zero-order valence-corrected chi connectivity index (χ0v) is 23.4. The van der Waals surface area contributed by atoms with Gasteiger partial charge in [-0.1, -0.05) is 19.9 Å². The molecule has 210 valence electrons. The van der Waals surface area contributed by atoms with Crippen molar-refractivity contribution < 1.29 is 38.7 Å². The molecule has 8 aliphatic rings. The summed E-state index contributed by atoms with van der Waals surface area (Å²) >= 11 is 0. The molecule has 0 aromatic rings. The largest absolute Gasteiger partial charge is 0.389 e. The smallest absolute Gasteiger partial charge is 0.187 e. The summed E-state index contributed by atoms with van der Waals surface area (Å²) in [6.07, 6.45) is 5.36. The molecule has 8 heteroatoms. The van der Waals surface area contributed by atoms with Gasteiger partial charge < -0.3 is 33.9 Å². The first-order valence-electron chi connectivity index (χ1n) is 14.8. The number of hydrogen-bond donors (Lipinski definition) is 2. The molecule has 0 amide bonds. The number of hydrogen-bond acceptors (Lipinski definition) is 8. The van der Waals surface area contributed by atoms with Crippen LogP contribution in [0.3, 0.4) is 0 Å². The van der Waals surface area contributed by atoms with E-state index in [1.54, 1.807) is 6.08 Å². The van der Waals surface area contributed by atoms with Crippen molar-refractivity contribution in [1.29, 1.82) is 0 Å². The highest BCUT2D eigenvalue weighted by atomic mass is 16.8. The molecule has 0 unspecified atom stereocenters. The molecule has 4 aliphatic carbocycles. The second kappa shape index (κ2) is 6.77. The molecule has 4 heterocycles. The van der Waals surface area contributed by atoms with E-state index >= 15 is 0 Å². The lowest BCUT2D eigenvalue weighted by molar-refractivity contribution is -0.431. The van der Waals surface area contributed by atoms with Crippen molar-refractivity contribution >= 4 is 5.78 Å². The van der Waals surface area contributed by atoms with Gasteiger partial charge in [0.05, 0.1) is 28.6 Å². The summed E-state index contributed by atoms with van der Waals surface area (Å²) in [5.74, 6) is -0.852. The van der Waals surface area contributed by atoms with Crippen LogP contribution in [-0.2, 0) is 28.5 Å². The van der Waals surface area contributed by atoms with Gasteiger partial charge in [-0.25, -0.2) is 0 Å². The van der Waals surface area contributed by atoms with Gasteiger partial charge in [0.2, 0.25) is 0 Å². The van der Waals surface area contributed by atoms with Crippen molar-refractivity contribution in [3.8, 4) is 0 Å². The number of ether oxygens (including phenoxy) is 5. The average Bonchev–Trinajstić information content (AvgIpc) is 3.66. The SMILES string of the molecule is CCO[C@@]12C[C@H]3[C@@H](C[C@H]4O[C@]45CC=CC(=O)[C@]35C)[C@@H]3CC[C@@](O)([C@H](C)[C@@H]([C@@H]4O[C@H](O)[C@@]5(C)O[C@@]45C)O1)[C@]32C. The number of allylic oxidation sites excluding steroid dienone is 1. The molecule has 3 saturated carbocycles. The van der Waals surface area contributed by atoms with Gasteiger partial charge in [-0.3, -0.25) is 4.79 Å². The Bertz CT molecular complexity index is 1160. The van der Waals surface area contributed by atoms with E-state index in [4.69, 9.17) is 23.7 Å². The molecule has 7 fully saturated rings. The highest BCUT2D eigenvalue weighted by Crippen LogP contribution is 2.78. The van der Waals surface area contributed by atoms with Gasteiger partial charge in [0.25, 0.3) is 0 Å². The molecule has 15 atom stereocenters. The number of rotatable bonds is 3. The van der Waals surface area contributed by atoms with Crippen molar-refractivity contribution in [2.45, 2.75) is 126 Å². The van der Waals surface area contributed by atoms with Crippen LogP contribution >= 0.6 is 0 Å². The van der Waals surface area contributed by atoms with E-state index in [1.165, 1.54) is 0 Å². The maximum absolute atomic E-state index is 13.7. The number of ketones is 1. The van der Waals surface area contributed by atoms with Gasteiger partial charge in [0, 0.05) is 18.9 Å². The lowest BCUT2D eigenvalue weighted by Gasteiger charge is -2.69. The molecule has 2 N–H and O–H groups in total. The molecule has 1 spiro atoms. The highest BCUT2D eigenvalue weighted by molar-refractivity contribution is 5.97. The van der Waals surface area contributed by atoms with Gasteiger partial charge in [-0.15, -0.1) is 0 Å². The Morgan fingerprint density at radius 2 is 1.89 bits per heavy atom. The summed E-state index contributed by atoms with van der Waals surface area (Å²) in [5.41, 5.74) is -4.33. The summed E-state index contributed by atoms with van der Waals surface area (Å²) in [7, 11) is 0. The Morgan fingerprint density at radius 3 is 2.55 bits per heavy atom. The second-order valence-electron chi connectivity index (χ2n) is 14.4. The van der Waals surface area contributed by atoms with Crippen LogP contribution in [0.2, 0.25) is 0 Å². The molecule has 0 radical (unpaired) electrons. The molecule has 0 bridgehead atoms. The average molecular weight is 531 g/mol. The Labute approximate surface area is 224 Å². The van der Waals surface area contributed by atoms with E-state index in [-0.39, 0.29) is 35.6 Å². The van der Waals surface area contributed by atoms with E-state index in [9.17, 15) is 15.0 Å². The van der Waals surface area contributed by atoms with E-state index < -0.39 is 57.5 Å². The minimum atomic E-state index is -1.11. The van der Waals surface area contributed by atoms with Crippen LogP contribution < -0.4 is 0 Å². The lowest BCUT2D eigenvalue weighted by atomic mass is 9.42. The number of fused-ring (bicyclic) bond motifs is 4. The third-order valence-corrected chi connectivity index (χ3v) is 13.8. The third kappa shape index (κ3) is 2.24. The summed E-state index contributed by atoms with van der Waals surface area (Å²) in [4.78, 5) is 13.7. The Morgan fingerprint density at radius 1 is 1.13 bits per heavy atom. The molecule has 38 heavy (non-hydrogen) atoms. The maximum atomic E-state index is 13.7. The molecule has 8 rings (SSSR count). The predicted octanol–water partition coefficient (Wildman–Crippen LogP) is 2.88. The van der Waals surface area contributed by atoms with Crippen molar-refractivity contribution in [2.75, 3.05) is 6.61 Å². The van der Waals surface area contributed by atoms with Crippen LogP contribution in [0.25, 0.3) is 0 Å². The molecule has 0 aromatic carbocycles. The zero-order valence-electron chi connectivity index (χ0n) is 23.4.